The van der Waals surface area contributed by atoms with Crippen LogP contribution in [0.2, 0.25) is 0 Å². The fourth-order valence-electron chi connectivity index (χ4n) is 1.88. The predicted octanol–water partition coefficient (Wildman–Crippen LogP) is 1.48. The van der Waals surface area contributed by atoms with E-state index in [4.69, 9.17) is 5.73 Å². The molecule has 0 unspecified atom stereocenters. The lowest BCUT2D eigenvalue weighted by Crippen LogP contribution is -2.21. The van der Waals surface area contributed by atoms with Crippen LogP contribution < -0.4 is 11.1 Å². The topological polar surface area (TPSA) is 38.0 Å². The van der Waals surface area contributed by atoms with Crippen LogP contribution in [0.25, 0.3) is 0 Å². The Morgan fingerprint density at radius 3 is 2.79 bits per heavy atom. The highest BCUT2D eigenvalue weighted by molar-refractivity contribution is 5.27. The summed E-state index contributed by atoms with van der Waals surface area (Å²) in [4.78, 5) is 0. The highest BCUT2D eigenvalue weighted by atomic mass is 15.0. The molecule has 0 saturated heterocycles. The van der Waals surface area contributed by atoms with Crippen molar-refractivity contribution in [2.75, 3.05) is 13.1 Å². The van der Waals surface area contributed by atoms with Crippen LogP contribution in [0.1, 0.15) is 24.3 Å². The van der Waals surface area contributed by atoms with Crippen molar-refractivity contribution >= 4 is 0 Å². The predicted molar refractivity (Wildman–Crippen MR) is 59.3 cm³/mol. The molecule has 0 bridgehead atoms. The summed E-state index contributed by atoms with van der Waals surface area (Å²) in [5.74, 6) is 0.744. The van der Waals surface area contributed by atoms with Crippen LogP contribution in [-0.2, 0) is 0 Å². The molecule has 1 aromatic rings. The average Bonchev–Trinajstić information content (AvgIpc) is 2.99. The van der Waals surface area contributed by atoms with Crippen LogP contribution in [0.5, 0.6) is 0 Å². The van der Waals surface area contributed by atoms with Gasteiger partial charge in [0.2, 0.25) is 0 Å². The first kappa shape index (κ1) is 9.69. The molecule has 3 N–H and O–H groups in total. The van der Waals surface area contributed by atoms with E-state index in [1.165, 1.54) is 12.0 Å². The molecule has 0 aliphatic heterocycles. The highest BCUT2D eigenvalue weighted by Crippen LogP contribution is 2.40. The van der Waals surface area contributed by atoms with E-state index in [0.29, 0.717) is 6.04 Å². The van der Waals surface area contributed by atoms with E-state index in [2.05, 4.69) is 35.6 Å². The molecule has 14 heavy (non-hydrogen) atoms. The number of benzene rings is 1. The molecule has 2 atom stereocenters. The van der Waals surface area contributed by atoms with E-state index in [-0.39, 0.29) is 0 Å². The molecular weight excluding hydrogens is 172 g/mol. The van der Waals surface area contributed by atoms with Crippen molar-refractivity contribution in [2.45, 2.75) is 24.8 Å². The van der Waals surface area contributed by atoms with E-state index in [1.54, 1.807) is 0 Å². The van der Waals surface area contributed by atoms with Gasteiger partial charge in [0, 0.05) is 12.0 Å². The van der Waals surface area contributed by atoms with Crippen molar-refractivity contribution in [1.82, 2.24) is 5.32 Å². The zero-order valence-electron chi connectivity index (χ0n) is 8.45. The van der Waals surface area contributed by atoms with Crippen molar-refractivity contribution < 1.29 is 0 Å². The molecule has 1 aliphatic carbocycles. The van der Waals surface area contributed by atoms with Gasteiger partial charge in [0.15, 0.2) is 0 Å². The zero-order valence-corrected chi connectivity index (χ0v) is 8.45. The summed E-state index contributed by atoms with van der Waals surface area (Å²) in [5.41, 5.74) is 6.91. The average molecular weight is 190 g/mol. The monoisotopic (exact) mass is 190 g/mol. The SMILES string of the molecule is NCCCN[C@@H]1C[C@H]1c1ccccc1. The van der Waals surface area contributed by atoms with Crippen molar-refractivity contribution in [3.63, 3.8) is 0 Å². The van der Waals surface area contributed by atoms with Gasteiger partial charge in [0.25, 0.3) is 0 Å². The Labute approximate surface area is 85.5 Å². The molecule has 2 heteroatoms. The Bertz CT molecular complexity index is 271. The number of nitrogens with one attached hydrogen (secondary N) is 1. The number of nitrogens with two attached hydrogens (primary N) is 1. The van der Waals surface area contributed by atoms with E-state index < -0.39 is 0 Å². The number of rotatable bonds is 5. The summed E-state index contributed by atoms with van der Waals surface area (Å²) in [7, 11) is 0. The molecule has 2 rings (SSSR count). The van der Waals surface area contributed by atoms with Gasteiger partial charge in [0.05, 0.1) is 0 Å². The first-order chi connectivity index (χ1) is 6.92. The van der Waals surface area contributed by atoms with E-state index in [1.807, 2.05) is 0 Å². The smallest absolute Gasteiger partial charge is 0.0143 e. The van der Waals surface area contributed by atoms with Gasteiger partial charge in [-0.2, -0.15) is 0 Å². The fourth-order valence-corrected chi connectivity index (χ4v) is 1.88. The lowest BCUT2D eigenvalue weighted by atomic mass is 10.1. The fraction of sp³-hybridized carbons (Fsp3) is 0.500. The lowest BCUT2D eigenvalue weighted by molar-refractivity contribution is 0.641. The van der Waals surface area contributed by atoms with Crippen molar-refractivity contribution in [3.05, 3.63) is 35.9 Å². The normalized spacial score (nSPS) is 24.9. The molecule has 1 fully saturated rings. The molecule has 0 amide bonds. The summed E-state index contributed by atoms with van der Waals surface area (Å²) in [6, 6.07) is 11.4. The third-order valence-electron chi connectivity index (χ3n) is 2.81. The van der Waals surface area contributed by atoms with E-state index >= 15 is 0 Å². The highest BCUT2D eigenvalue weighted by Gasteiger charge is 2.37. The van der Waals surface area contributed by atoms with Crippen LogP contribution in [0, 0.1) is 0 Å². The second kappa shape index (κ2) is 4.58. The molecule has 0 heterocycles. The van der Waals surface area contributed by atoms with Gasteiger partial charge in [-0.15, -0.1) is 0 Å². The van der Waals surface area contributed by atoms with Crippen molar-refractivity contribution in [1.29, 1.82) is 0 Å². The van der Waals surface area contributed by atoms with Crippen LogP contribution in [-0.4, -0.2) is 19.1 Å². The maximum Gasteiger partial charge on any atom is 0.0143 e. The molecule has 76 valence electrons. The van der Waals surface area contributed by atoms with Crippen LogP contribution >= 0.6 is 0 Å². The summed E-state index contributed by atoms with van der Waals surface area (Å²) in [6.07, 6.45) is 2.37. The third-order valence-corrected chi connectivity index (χ3v) is 2.81. The molecule has 2 nitrogen and oxygen atoms in total. The summed E-state index contributed by atoms with van der Waals surface area (Å²) in [5, 5.41) is 3.53. The minimum absolute atomic E-state index is 0.698. The number of hydrogen-bond acceptors (Lipinski definition) is 2. The Kier molecular flexibility index (Phi) is 3.17. The summed E-state index contributed by atoms with van der Waals surface area (Å²) >= 11 is 0. The van der Waals surface area contributed by atoms with E-state index in [9.17, 15) is 0 Å². The maximum absolute atomic E-state index is 5.44. The molecular formula is C12H18N2. The minimum atomic E-state index is 0.698. The Hall–Kier alpha value is -0.860. The van der Waals surface area contributed by atoms with Gasteiger partial charge in [-0.25, -0.2) is 0 Å². The standard InChI is InChI=1S/C12H18N2/c13-7-4-8-14-12-9-11(12)10-5-2-1-3-6-10/h1-3,5-6,11-12,14H,4,7-9,13H2/t11-,12+/m0/s1. The second-order valence-electron chi connectivity index (χ2n) is 3.96. The second-order valence-corrected chi connectivity index (χ2v) is 3.96. The minimum Gasteiger partial charge on any atom is -0.330 e. The zero-order chi connectivity index (χ0) is 9.80. The first-order valence-electron chi connectivity index (χ1n) is 5.40. The third kappa shape index (κ3) is 2.34. The summed E-state index contributed by atoms with van der Waals surface area (Å²) in [6.45, 7) is 1.85. The molecule has 1 aliphatic rings. The lowest BCUT2D eigenvalue weighted by Gasteiger charge is -2.02. The van der Waals surface area contributed by atoms with Gasteiger partial charge >= 0.3 is 0 Å². The summed E-state index contributed by atoms with van der Waals surface area (Å²) < 4.78 is 0. The van der Waals surface area contributed by atoms with Gasteiger partial charge in [-0.1, -0.05) is 30.3 Å². The van der Waals surface area contributed by atoms with Gasteiger partial charge < -0.3 is 11.1 Å². The van der Waals surface area contributed by atoms with Crippen molar-refractivity contribution in [2.24, 2.45) is 5.73 Å². The van der Waals surface area contributed by atoms with Gasteiger partial charge in [0.1, 0.15) is 0 Å². The van der Waals surface area contributed by atoms with Crippen LogP contribution in [0.15, 0.2) is 30.3 Å². The van der Waals surface area contributed by atoms with Crippen LogP contribution in [0.3, 0.4) is 0 Å². The Morgan fingerprint density at radius 1 is 1.29 bits per heavy atom. The Morgan fingerprint density at radius 2 is 2.07 bits per heavy atom. The molecule has 0 spiro atoms. The van der Waals surface area contributed by atoms with Gasteiger partial charge in [-0.3, -0.25) is 0 Å². The molecule has 1 saturated carbocycles. The largest absolute Gasteiger partial charge is 0.330 e. The van der Waals surface area contributed by atoms with Gasteiger partial charge in [-0.05, 0) is 31.5 Å². The molecule has 0 radical (unpaired) electrons. The maximum atomic E-state index is 5.44. The van der Waals surface area contributed by atoms with Crippen LogP contribution in [0.4, 0.5) is 0 Å². The quantitative estimate of drug-likeness (QED) is 0.690. The Balaban J connectivity index is 1.76. The van der Waals surface area contributed by atoms with E-state index in [0.717, 1.165) is 25.4 Å². The molecule has 1 aromatic carbocycles. The van der Waals surface area contributed by atoms with Crippen molar-refractivity contribution in [3.8, 4) is 0 Å². The molecule has 0 aromatic heterocycles. The first-order valence-corrected chi connectivity index (χ1v) is 5.40. The number of hydrogen-bond donors (Lipinski definition) is 2.